The molecule has 1 heterocycles. The number of carbonyl (C=O) groups is 4. The number of hydrogen-bond acceptors (Lipinski definition) is 4. The third kappa shape index (κ3) is 4.62. The van der Waals surface area contributed by atoms with E-state index in [9.17, 15) is 24.3 Å². The summed E-state index contributed by atoms with van der Waals surface area (Å²) in [7, 11) is 0. The van der Waals surface area contributed by atoms with Gasteiger partial charge in [0.15, 0.2) is 5.78 Å². The molecule has 7 nitrogen and oxygen atoms in total. The fourth-order valence-corrected chi connectivity index (χ4v) is 3.07. The Balaban J connectivity index is 1.65. The van der Waals surface area contributed by atoms with E-state index < -0.39 is 24.0 Å². The Morgan fingerprint density at radius 2 is 1.68 bits per heavy atom. The van der Waals surface area contributed by atoms with Gasteiger partial charge in [0.25, 0.3) is 0 Å². The summed E-state index contributed by atoms with van der Waals surface area (Å²) in [6, 6.07) is 13.7. The lowest BCUT2D eigenvalue weighted by atomic mass is 9.99. The van der Waals surface area contributed by atoms with Crippen LogP contribution in [0.25, 0.3) is 0 Å². The van der Waals surface area contributed by atoms with E-state index >= 15 is 0 Å². The Hall–Kier alpha value is -3.48. The minimum Gasteiger partial charge on any atom is -0.480 e. The quantitative estimate of drug-likeness (QED) is 0.627. The van der Waals surface area contributed by atoms with Crippen LogP contribution in [0.3, 0.4) is 0 Å². The number of hydrogen-bond donors (Lipinski definition) is 3. The van der Waals surface area contributed by atoms with Crippen molar-refractivity contribution in [2.45, 2.75) is 31.3 Å². The summed E-state index contributed by atoms with van der Waals surface area (Å²) in [6.07, 6.45) is 0.682. The summed E-state index contributed by atoms with van der Waals surface area (Å²) in [4.78, 5) is 47.3. The van der Waals surface area contributed by atoms with E-state index in [1.54, 1.807) is 48.5 Å². The first kappa shape index (κ1) is 19.3. The number of benzene rings is 2. The van der Waals surface area contributed by atoms with E-state index in [4.69, 9.17) is 0 Å². The highest BCUT2D eigenvalue weighted by Crippen LogP contribution is 2.13. The first-order valence-electron chi connectivity index (χ1n) is 8.95. The van der Waals surface area contributed by atoms with Gasteiger partial charge in [-0.3, -0.25) is 14.4 Å². The maximum atomic E-state index is 12.4. The number of amides is 2. The molecule has 0 saturated carbocycles. The van der Waals surface area contributed by atoms with Gasteiger partial charge in [-0.2, -0.15) is 0 Å². The maximum Gasteiger partial charge on any atom is 0.326 e. The zero-order chi connectivity index (χ0) is 20.1. The van der Waals surface area contributed by atoms with Gasteiger partial charge in [0.2, 0.25) is 11.8 Å². The molecule has 0 unspecified atom stereocenters. The van der Waals surface area contributed by atoms with Crippen molar-refractivity contribution < 1.29 is 24.3 Å². The molecule has 144 valence electrons. The molecule has 2 atom stereocenters. The molecule has 1 fully saturated rings. The lowest BCUT2D eigenvalue weighted by Crippen LogP contribution is -2.49. The normalized spacial score (nSPS) is 16.9. The van der Waals surface area contributed by atoms with Crippen molar-refractivity contribution in [3.63, 3.8) is 0 Å². The summed E-state index contributed by atoms with van der Waals surface area (Å²) < 4.78 is 0. The largest absolute Gasteiger partial charge is 0.480 e. The topological polar surface area (TPSA) is 113 Å². The number of ketones is 1. The highest BCUT2D eigenvalue weighted by Gasteiger charge is 2.30. The minimum absolute atomic E-state index is 0.0710. The number of nitrogens with one attached hydrogen (secondary N) is 2. The first-order valence-corrected chi connectivity index (χ1v) is 8.95. The van der Waals surface area contributed by atoms with Crippen LogP contribution in [0.15, 0.2) is 54.6 Å². The Morgan fingerprint density at radius 3 is 2.25 bits per heavy atom. The molecule has 1 aliphatic heterocycles. The summed E-state index contributed by atoms with van der Waals surface area (Å²) in [5.41, 5.74) is 1.75. The van der Waals surface area contributed by atoms with E-state index in [1.807, 2.05) is 6.07 Å². The molecule has 0 aliphatic carbocycles. The molecule has 3 N–H and O–H groups in total. The van der Waals surface area contributed by atoms with Crippen LogP contribution >= 0.6 is 0 Å². The van der Waals surface area contributed by atoms with Crippen molar-refractivity contribution in [2.75, 3.05) is 0 Å². The Bertz CT molecular complexity index is 893. The number of carboxylic acids is 1. The summed E-state index contributed by atoms with van der Waals surface area (Å²) in [6.45, 7) is 0. The maximum absolute atomic E-state index is 12.4. The van der Waals surface area contributed by atoms with Crippen LogP contribution in [0.4, 0.5) is 0 Å². The fraction of sp³-hybridized carbons (Fsp3) is 0.238. The van der Waals surface area contributed by atoms with E-state index in [1.165, 1.54) is 0 Å². The Morgan fingerprint density at radius 1 is 1.04 bits per heavy atom. The van der Waals surface area contributed by atoms with Crippen LogP contribution in [0.2, 0.25) is 0 Å². The molecule has 2 aromatic carbocycles. The second-order valence-electron chi connectivity index (χ2n) is 6.65. The zero-order valence-corrected chi connectivity index (χ0v) is 15.1. The molecule has 0 spiro atoms. The van der Waals surface area contributed by atoms with Gasteiger partial charge in [0.1, 0.15) is 12.1 Å². The molecule has 7 heteroatoms. The first-order chi connectivity index (χ1) is 13.4. The standard InChI is InChI=1S/C21H20N2O5/c24-18-11-10-16(22-18)20(26)23-17(21(27)28)12-13-6-8-15(9-7-13)19(25)14-4-2-1-3-5-14/h1-9,16-17H,10-12H2,(H,22,24)(H,23,26)(H,27,28)/t16-,17-/m1/s1. The zero-order valence-electron chi connectivity index (χ0n) is 15.1. The van der Waals surface area contributed by atoms with Crippen LogP contribution in [0.5, 0.6) is 0 Å². The predicted octanol–water partition coefficient (Wildman–Crippen LogP) is 1.31. The Kier molecular flexibility index (Phi) is 5.84. The number of carbonyl (C=O) groups excluding carboxylic acids is 3. The third-order valence-corrected chi connectivity index (χ3v) is 4.62. The molecule has 28 heavy (non-hydrogen) atoms. The molecule has 1 aliphatic rings. The second kappa shape index (κ2) is 8.47. The fourth-order valence-electron chi connectivity index (χ4n) is 3.07. The average molecular weight is 380 g/mol. The summed E-state index contributed by atoms with van der Waals surface area (Å²) in [5.74, 6) is -2.01. The minimum atomic E-state index is -1.16. The highest BCUT2D eigenvalue weighted by molar-refractivity contribution is 6.08. The van der Waals surface area contributed by atoms with Crippen LogP contribution in [-0.2, 0) is 20.8 Å². The van der Waals surface area contributed by atoms with Gasteiger partial charge >= 0.3 is 5.97 Å². The smallest absolute Gasteiger partial charge is 0.326 e. The summed E-state index contributed by atoms with van der Waals surface area (Å²) in [5, 5.41) is 14.4. The van der Waals surface area contributed by atoms with Gasteiger partial charge in [-0.05, 0) is 12.0 Å². The molecule has 2 aromatic rings. The van der Waals surface area contributed by atoms with Crippen molar-refractivity contribution in [2.24, 2.45) is 0 Å². The second-order valence-corrected chi connectivity index (χ2v) is 6.65. The van der Waals surface area contributed by atoms with Crippen molar-refractivity contribution in [1.82, 2.24) is 10.6 Å². The van der Waals surface area contributed by atoms with Crippen LogP contribution in [0, 0.1) is 0 Å². The number of rotatable bonds is 7. The van der Waals surface area contributed by atoms with E-state index in [-0.39, 0.29) is 24.5 Å². The van der Waals surface area contributed by atoms with Gasteiger partial charge in [-0.25, -0.2) is 4.79 Å². The van der Waals surface area contributed by atoms with Gasteiger partial charge in [-0.1, -0.05) is 54.6 Å². The third-order valence-electron chi connectivity index (χ3n) is 4.62. The lowest BCUT2D eigenvalue weighted by molar-refractivity contribution is -0.142. The molecular weight excluding hydrogens is 360 g/mol. The van der Waals surface area contributed by atoms with Crippen molar-refractivity contribution in [1.29, 1.82) is 0 Å². The summed E-state index contributed by atoms with van der Waals surface area (Å²) >= 11 is 0. The lowest BCUT2D eigenvalue weighted by Gasteiger charge is -2.17. The van der Waals surface area contributed by atoms with Gasteiger partial charge in [-0.15, -0.1) is 0 Å². The van der Waals surface area contributed by atoms with Crippen LogP contribution in [0.1, 0.15) is 34.3 Å². The van der Waals surface area contributed by atoms with E-state index in [0.29, 0.717) is 23.1 Å². The van der Waals surface area contributed by atoms with Crippen molar-refractivity contribution in [3.05, 3.63) is 71.3 Å². The van der Waals surface area contributed by atoms with Crippen molar-refractivity contribution in [3.8, 4) is 0 Å². The van der Waals surface area contributed by atoms with E-state index in [2.05, 4.69) is 10.6 Å². The average Bonchev–Trinajstić information content (AvgIpc) is 3.14. The molecule has 0 aromatic heterocycles. The Labute approximate surface area is 161 Å². The molecule has 0 bridgehead atoms. The number of carboxylic acid groups (broad SMARTS) is 1. The van der Waals surface area contributed by atoms with Gasteiger partial charge < -0.3 is 15.7 Å². The molecule has 2 amide bonds. The van der Waals surface area contributed by atoms with Gasteiger partial charge in [0.05, 0.1) is 0 Å². The molecular formula is C21H20N2O5. The van der Waals surface area contributed by atoms with Crippen LogP contribution < -0.4 is 10.6 Å². The van der Waals surface area contributed by atoms with Gasteiger partial charge in [0, 0.05) is 24.0 Å². The molecule has 3 rings (SSSR count). The SMILES string of the molecule is O=C1CC[C@H](C(=O)N[C@H](Cc2ccc(C(=O)c3ccccc3)cc2)C(=O)O)N1. The molecule has 1 saturated heterocycles. The highest BCUT2D eigenvalue weighted by atomic mass is 16.4. The van der Waals surface area contributed by atoms with E-state index in [0.717, 1.165) is 0 Å². The monoisotopic (exact) mass is 380 g/mol. The molecule has 0 radical (unpaired) electrons. The van der Waals surface area contributed by atoms with Crippen molar-refractivity contribution >= 4 is 23.6 Å². The predicted molar refractivity (Wildman–Crippen MR) is 101 cm³/mol. The van der Waals surface area contributed by atoms with Crippen LogP contribution in [-0.4, -0.2) is 40.8 Å². The number of aliphatic carboxylic acids is 1.